The zero-order chi connectivity index (χ0) is 9.80. The SMILES string of the molecule is OC(C1CCCC1)N1CCCNCC1. The average molecular weight is 198 g/mol. The molecule has 2 rings (SSSR count). The van der Waals surface area contributed by atoms with Crippen molar-refractivity contribution in [2.75, 3.05) is 26.2 Å². The fraction of sp³-hybridized carbons (Fsp3) is 1.00. The van der Waals surface area contributed by atoms with Gasteiger partial charge in [0.05, 0.1) is 0 Å². The fourth-order valence-electron chi connectivity index (χ4n) is 2.68. The van der Waals surface area contributed by atoms with Gasteiger partial charge >= 0.3 is 0 Å². The molecule has 1 saturated heterocycles. The summed E-state index contributed by atoms with van der Waals surface area (Å²) in [7, 11) is 0. The van der Waals surface area contributed by atoms with Crippen LogP contribution in [0.5, 0.6) is 0 Å². The van der Waals surface area contributed by atoms with Crippen molar-refractivity contribution in [3.8, 4) is 0 Å². The number of aliphatic hydroxyl groups excluding tert-OH is 1. The first-order valence-electron chi connectivity index (χ1n) is 6.01. The fourth-order valence-corrected chi connectivity index (χ4v) is 2.68. The van der Waals surface area contributed by atoms with E-state index in [4.69, 9.17) is 0 Å². The highest BCUT2D eigenvalue weighted by Gasteiger charge is 2.28. The molecule has 82 valence electrons. The molecule has 2 N–H and O–H groups in total. The minimum absolute atomic E-state index is 0.169. The maximum atomic E-state index is 10.2. The van der Waals surface area contributed by atoms with Gasteiger partial charge in [-0.05, 0) is 31.7 Å². The number of hydrogen-bond acceptors (Lipinski definition) is 3. The molecule has 1 saturated carbocycles. The second-order valence-electron chi connectivity index (χ2n) is 4.60. The lowest BCUT2D eigenvalue weighted by molar-refractivity contribution is -0.0346. The second kappa shape index (κ2) is 5.10. The van der Waals surface area contributed by atoms with E-state index in [2.05, 4.69) is 10.2 Å². The van der Waals surface area contributed by atoms with Crippen molar-refractivity contribution in [2.24, 2.45) is 5.92 Å². The summed E-state index contributed by atoms with van der Waals surface area (Å²) in [5, 5.41) is 13.6. The minimum Gasteiger partial charge on any atom is -0.378 e. The van der Waals surface area contributed by atoms with Crippen molar-refractivity contribution in [1.29, 1.82) is 0 Å². The molecule has 2 aliphatic rings. The maximum absolute atomic E-state index is 10.2. The first kappa shape index (κ1) is 10.4. The van der Waals surface area contributed by atoms with Gasteiger partial charge in [-0.15, -0.1) is 0 Å². The number of rotatable bonds is 2. The van der Waals surface area contributed by atoms with Crippen LogP contribution in [0.4, 0.5) is 0 Å². The van der Waals surface area contributed by atoms with Gasteiger partial charge in [-0.3, -0.25) is 4.90 Å². The molecule has 0 amide bonds. The van der Waals surface area contributed by atoms with Crippen molar-refractivity contribution in [3.05, 3.63) is 0 Å². The summed E-state index contributed by atoms with van der Waals surface area (Å²) in [5.74, 6) is 0.549. The molecule has 2 fully saturated rings. The smallest absolute Gasteiger partial charge is 0.110 e. The molecule has 0 aromatic carbocycles. The Balaban J connectivity index is 1.84. The molecular formula is C11H22N2O. The highest BCUT2D eigenvalue weighted by molar-refractivity contribution is 4.77. The topological polar surface area (TPSA) is 35.5 Å². The average Bonchev–Trinajstić information content (AvgIpc) is 2.59. The molecule has 0 radical (unpaired) electrons. The van der Waals surface area contributed by atoms with Gasteiger partial charge in [0.1, 0.15) is 6.23 Å². The molecule has 0 aromatic rings. The highest BCUT2D eigenvalue weighted by Crippen LogP contribution is 2.29. The van der Waals surface area contributed by atoms with E-state index < -0.39 is 0 Å². The third-order valence-electron chi connectivity index (χ3n) is 3.57. The van der Waals surface area contributed by atoms with Crippen LogP contribution in [0.25, 0.3) is 0 Å². The highest BCUT2D eigenvalue weighted by atomic mass is 16.3. The number of nitrogens with zero attached hydrogens (tertiary/aromatic N) is 1. The molecule has 14 heavy (non-hydrogen) atoms. The van der Waals surface area contributed by atoms with Gasteiger partial charge in [0.15, 0.2) is 0 Å². The Bertz CT molecular complexity index is 161. The van der Waals surface area contributed by atoms with Crippen LogP contribution in [0.2, 0.25) is 0 Å². The summed E-state index contributed by atoms with van der Waals surface area (Å²) in [5.41, 5.74) is 0. The van der Waals surface area contributed by atoms with Crippen LogP contribution < -0.4 is 5.32 Å². The van der Waals surface area contributed by atoms with Crippen molar-refractivity contribution in [3.63, 3.8) is 0 Å². The Morgan fingerprint density at radius 2 is 1.86 bits per heavy atom. The largest absolute Gasteiger partial charge is 0.378 e. The van der Waals surface area contributed by atoms with E-state index in [9.17, 15) is 5.11 Å². The molecular weight excluding hydrogens is 176 g/mol. The molecule has 0 aromatic heterocycles. The van der Waals surface area contributed by atoms with E-state index >= 15 is 0 Å². The van der Waals surface area contributed by atoms with E-state index in [-0.39, 0.29) is 6.23 Å². The normalized spacial score (nSPS) is 28.9. The van der Waals surface area contributed by atoms with Crippen LogP contribution in [-0.4, -0.2) is 42.4 Å². The lowest BCUT2D eigenvalue weighted by atomic mass is 10.1. The summed E-state index contributed by atoms with van der Waals surface area (Å²) in [6.07, 6.45) is 6.08. The lowest BCUT2D eigenvalue weighted by Crippen LogP contribution is -2.41. The zero-order valence-electron chi connectivity index (χ0n) is 8.91. The first-order chi connectivity index (χ1) is 6.88. The Kier molecular flexibility index (Phi) is 3.79. The molecule has 1 aliphatic carbocycles. The summed E-state index contributed by atoms with van der Waals surface area (Å²) in [6, 6.07) is 0. The molecule has 0 bridgehead atoms. The molecule has 0 spiro atoms. The first-order valence-corrected chi connectivity index (χ1v) is 6.01. The predicted octanol–water partition coefficient (Wildman–Crippen LogP) is 0.790. The molecule has 1 atom stereocenters. The van der Waals surface area contributed by atoms with Crippen LogP contribution >= 0.6 is 0 Å². The van der Waals surface area contributed by atoms with E-state index in [1.807, 2.05) is 0 Å². The summed E-state index contributed by atoms with van der Waals surface area (Å²) in [6.45, 7) is 4.21. The Labute approximate surface area is 86.5 Å². The van der Waals surface area contributed by atoms with Crippen molar-refractivity contribution in [1.82, 2.24) is 10.2 Å². The third-order valence-corrected chi connectivity index (χ3v) is 3.57. The summed E-state index contributed by atoms with van der Waals surface area (Å²) < 4.78 is 0. The lowest BCUT2D eigenvalue weighted by Gasteiger charge is -2.30. The van der Waals surface area contributed by atoms with E-state index in [1.165, 1.54) is 32.1 Å². The van der Waals surface area contributed by atoms with Gasteiger partial charge in [0.2, 0.25) is 0 Å². The van der Waals surface area contributed by atoms with Crippen molar-refractivity contribution in [2.45, 2.75) is 38.3 Å². The summed E-state index contributed by atoms with van der Waals surface area (Å²) in [4.78, 5) is 2.26. The Morgan fingerprint density at radius 1 is 1.07 bits per heavy atom. The number of nitrogens with one attached hydrogen (secondary N) is 1. The Hall–Kier alpha value is -0.120. The van der Waals surface area contributed by atoms with Gasteiger partial charge in [-0.1, -0.05) is 12.8 Å². The van der Waals surface area contributed by atoms with E-state index in [0.29, 0.717) is 5.92 Å². The van der Waals surface area contributed by atoms with Crippen molar-refractivity contribution < 1.29 is 5.11 Å². The van der Waals surface area contributed by atoms with Gasteiger partial charge < -0.3 is 10.4 Å². The maximum Gasteiger partial charge on any atom is 0.110 e. The summed E-state index contributed by atoms with van der Waals surface area (Å²) >= 11 is 0. The van der Waals surface area contributed by atoms with Crippen LogP contribution in [-0.2, 0) is 0 Å². The van der Waals surface area contributed by atoms with E-state index in [1.54, 1.807) is 0 Å². The number of hydrogen-bond donors (Lipinski definition) is 2. The van der Waals surface area contributed by atoms with Crippen LogP contribution in [0.3, 0.4) is 0 Å². The number of aliphatic hydroxyl groups is 1. The monoisotopic (exact) mass is 198 g/mol. The zero-order valence-corrected chi connectivity index (χ0v) is 8.91. The van der Waals surface area contributed by atoms with Crippen LogP contribution in [0.15, 0.2) is 0 Å². The van der Waals surface area contributed by atoms with Gasteiger partial charge in [-0.25, -0.2) is 0 Å². The second-order valence-corrected chi connectivity index (χ2v) is 4.60. The molecule has 1 aliphatic heterocycles. The molecule has 1 unspecified atom stereocenters. The van der Waals surface area contributed by atoms with Crippen LogP contribution in [0.1, 0.15) is 32.1 Å². The molecule has 1 heterocycles. The van der Waals surface area contributed by atoms with Gasteiger partial charge in [0, 0.05) is 19.6 Å². The predicted molar refractivity (Wildman–Crippen MR) is 57.0 cm³/mol. The van der Waals surface area contributed by atoms with Crippen molar-refractivity contribution >= 4 is 0 Å². The standard InChI is InChI=1S/C11H22N2O/c14-11(10-4-1-2-5-10)13-8-3-6-12-7-9-13/h10-12,14H,1-9H2. The van der Waals surface area contributed by atoms with Gasteiger partial charge in [0.25, 0.3) is 0 Å². The Morgan fingerprint density at radius 3 is 2.64 bits per heavy atom. The molecule has 3 heteroatoms. The molecule has 3 nitrogen and oxygen atoms in total. The third kappa shape index (κ3) is 2.47. The quantitative estimate of drug-likeness (QED) is 0.688. The minimum atomic E-state index is -0.169. The van der Waals surface area contributed by atoms with Crippen LogP contribution in [0, 0.1) is 5.92 Å². The van der Waals surface area contributed by atoms with E-state index in [0.717, 1.165) is 26.2 Å². The van der Waals surface area contributed by atoms with Gasteiger partial charge in [-0.2, -0.15) is 0 Å².